The molecule has 2 aromatic heterocycles. The highest BCUT2D eigenvalue weighted by molar-refractivity contribution is 7.12. The Kier molecular flexibility index (Phi) is 6.21. The lowest BCUT2D eigenvalue weighted by Gasteiger charge is -2.27. The molecule has 0 amide bonds. The quantitative estimate of drug-likeness (QED) is 0.598. The summed E-state index contributed by atoms with van der Waals surface area (Å²) in [5.41, 5.74) is 8.31. The van der Waals surface area contributed by atoms with Gasteiger partial charge in [-0.3, -0.25) is 4.79 Å². The van der Waals surface area contributed by atoms with Crippen molar-refractivity contribution >= 4 is 34.3 Å². The number of nitrogens with two attached hydrogens (primary N) is 1. The van der Waals surface area contributed by atoms with Gasteiger partial charge in [-0.2, -0.15) is 0 Å². The van der Waals surface area contributed by atoms with E-state index in [0.717, 1.165) is 23.5 Å². The lowest BCUT2D eigenvalue weighted by Crippen LogP contribution is -2.26. The van der Waals surface area contributed by atoms with Gasteiger partial charge < -0.3 is 15.5 Å². The molecule has 1 aromatic carbocycles. The molecule has 140 valence electrons. The molecule has 0 aliphatic heterocycles. The first kappa shape index (κ1) is 19.1. The van der Waals surface area contributed by atoms with Crippen molar-refractivity contribution in [3.8, 4) is 0 Å². The largest absolute Gasteiger partial charge is 0.396 e. The van der Waals surface area contributed by atoms with E-state index >= 15 is 0 Å². The summed E-state index contributed by atoms with van der Waals surface area (Å²) in [5.74, 6) is 0.704. The van der Waals surface area contributed by atoms with Crippen LogP contribution in [0.4, 0.5) is 17.2 Å². The lowest BCUT2D eigenvalue weighted by molar-refractivity contribution is 0.104. The summed E-state index contributed by atoms with van der Waals surface area (Å²) in [6.45, 7) is 1.65. The van der Waals surface area contributed by atoms with Gasteiger partial charge in [-0.25, -0.2) is 4.98 Å². The maximum Gasteiger partial charge on any atom is 0.205 e. The molecule has 0 spiro atoms. The Labute approximate surface area is 164 Å². The predicted octanol–water partition coefficient (Wildman–Crippen LogP) is 4.05. The molecule has 0 unspecified atom stereocenters. The van der Waals surface area contributed by atoms with Crippen molar-refractivity contribution in [3.05, 3.63) is 70.5 Å². The van der Waals surface area contributed by atoms with Crippen LogP contribution in [0.3, 0.4) is 0 Å². The minimum atomic E-state index is 0.0210. The number of pyridine rings is 1. The number of para-hydroxylation sites is 1. The van der Waals surface area contributed by atoms with Crippen LogP contribution in [0.2, 0.25) is 0 Å². The summed E-state index contributed by atoms with van der Waals surface area (Å²) in [7, 11) is 4.10. The van der Waals surface area contributed by atoms with E-state index in [0.29, 0.717) is 23.6 Å². The minimum absolute atomic E-state index is 0.0210. The number of anilines is 3. The fraction of sp³-hybridized carbons (Fsp3) is 0.238. The Morgan fingerprint density at radius 2 is 1.89 bits per heavy atom. The van der Waals surface area contributed by atoms with Gasteiger partial charge in [0.15, 0.2) is 5.82 Å². The first-order valence-electron chi connectivity index (χ1n) is 8.88. The molecule has 0 radical (unpaired) electrons. The van der Waals surface area contributed by atoms with Gasteiger partial charge >= 0.3 is 0 Å². The van der Waals surface area contributed by atoms with E-state index in [1.165, 1.54) is 11.3 Å². The minimum Gasteiger partial charge on any atom is -0.396 e. The highest BCUT2D eigenvalue weighted by Gasteiger charge is 2.21. The number of benzene rings is 1. The third-order valence-electron chi connectivity index (χ3n) is 4.24. The van der Waals surface area contributed by atoms with Crippen molar-refractivity contribution in [1.82, 2.24) is 9.88 Å². The smallest absolute Gasteiger partial charge is 0.205 e. The Bertz CT molecular complexity index is 893. The number of nitrogens with zero attached hydrogens (tertiary/aromatic N) is 3. The molecule has 0 atom stereocenters. The molecule has 27 heavy (non-hydrogen) atoms. The van der Waals surface area contributed by atoms with E-state index in [-0.39, 0.29) is 5.78 Å². The normalized spacial score (nSPS) is 10.9. The second-order valence-corrected chi connectivity index (χ2v) is 7.50. The van der Waals surface area contributed by atoms with Crippen LogP contribution in [0.1, 0.15) is 21.7 Å². The van der Waals surface area contributed by atoms with Crippen molar-refractivity contribution in [2.45, 2.75) is 6.42 Å². The Hall–Kier alpha value is -2.70. The first-order chi connectivity index (χ1) is 13.1. The topological polar surface area (TPSA) is 62.5 Å². The molecule has 0 aliphatic carbocycles. The fourth-order valence-corrected chi connectivity index (χ4v) is 3.64. The fourth-order valence-electron chi connectivity index (χ4n) is 2.96. The summed E-state index contributed by atoms with van der Waals surface area (Å²) in [6, 6.07) is 15.1. The molecule has 3 aromatic rings. The van der Waals surface area contributed by atoms with Crippen molar-refractivity contribution in [1.29, 1.82) is 0 Å². The molecule has 3 rings (SSSR count). The maximum atomic E-state index is 13.1. The number of rotatable bonds is 8. The van der Waals surface area contributed by atoms with Gasteiger partial charge in [0.05, 0.1) is 16.3 Å². The summed E-state index contributed by atoms with van der Waals surface area (Å²) in [4.78, 5) is 22.5. The lowest BCUT2D eigenvalue weighted by atomic mass is 10.1. The summed E-state index contributed by atoms with van der Waals surface area (Å²) < 4.78 is 0. The van der Waals surface area contributed by atoms with E-state index in [4.69, 9.17) is 5.73 Å². The Morgan fingerprint density at radius 1 is 1.07 bits per heavy atom. The third kappa shape index (κ3) is 4.53. The Morgan fingerprint density at radius 3 is 2.59 bits per heavy atom. The van der Waals surface area contributed by atoms with Crippen molar-refractivity contribution in [2.75, 3.05) is 37.8 Å². The van der Waals surface area contributed by atoms with Gasteiger partial charge in [0.1, 0.15) is 0 Å². The van der Waals surface area contributed by atoms with Gasteiger partial charge in [-0.05, 0) is 62.8 Å². The number of carbonyl (C=O) groups is 1. The molecule has 0 bridgehead atoms. The van der Waals surface area contributed by atoms with E-state index in [2.05, 4.69) is 14.8 Å². The van der Waals surface area contributed by atoms with Crippen molar-refractivity contribution in [3.63, 3.8) is 0 Å². The molecule has 0 saturated carbocycles. The van der Waals surface area contributed by atoms with Crippen LogP contribution in [0, 0.1) is 0 Å². The van der Waals surface area contributed by atoms with Crippen LogP contribution < -0.4 is 10.6 Å². The first-order valence-corrected chi connectivity index (χ1v) is 9.76. The molecule has 0 saturated heterocycles. The summed E-state index contributed by atoms with van der Waals surface area (Å²) in [6.07, 6.45) is 2.65. The van der Waals surface area contributed by atoms with E-state index in [9.17, 15) is 4.79 Å². The second kappa shape index (κ2) is 8.79. The molecular weight excluding hydrogens is 356 g/mol. The Balaban J connectivity index is 2.02. The number of hydrogen-bond donors (Lipinski definition) is 1. The monoisotopic (exact) mass is 380 g/mol. The van der Waals surface area contributed by atoms with Crippen LogP contribution in [-0.4, -0.2) is 42.9 Å². The predicted molar refractivity (Wildman–Crippen MR) is 113 cm³/mol. The molecule has 6 heteroatoms. The third-order valence-corrected chi connectivity index (χ3v) is 5.11. The van der Waals surface area contributed by atoms with Crippen LogP contribution in [0.5, 0.6) is 0 Å². The van der Waals surface area contributed by atoms with Crippen molar-refractivity contribution < 1.29 is 4.79 Å². The van der Waals surface area contributed by atoms with Crippen LogP contribution >= 0.6 is 11.3 Å². The molecule has 0 aliphatic rings. The van der Waals surface area contributed by atoms with Gasteiger partial charge in [0.2, 0.25) is 5.78 Å². The van der Waals surface area contributed by atoms with E-state index < -0.39 is 0 Å². The van der Waals surface area contributed by atoms with Gasteiger partial charge in [0, 0.05) is 18.3 Å². The molecule has 2 heterocycles. The molecule has 5 nitrogen and oxygen atoms in total. The van der Waals surface area contributed by atoms with Gasteiger partial charge in [-0.1, -0.05) is 18.2 Å². The zero-order valence-electron chi connectivity index (χ0n) is 15.6. The standard InChI is InChI=1S/C21H24N4OS/c1-24(2)13-7-14-25(21-17(22)9-5-12-23-21)18-10-4-3-8-16(18)20(26)19-11-6-15-27-19/h3-6,8-12,15H,7,13-14,22H2,1-2H3. The number of ketones is 1. The average molecular weight is 381 g/mol. The highest BCUT2D eigenvalue weighted by Crippen LogP contribution is 2.32. The number of hydrogen-bond acceptors (Lipinski definition) is 6. The second-order valence-electron chi connectivity index (χ2n) is 6.55. The summed E-state index contributed by atoms with van der Waals surface area (Å²) >= 11 is 1.45. The molecule has 2 N–H and O–H groups in total. The molecule has 0 fully saturated rings. The maximum absolute atomic E-state index is 13.1. The van der Waals surface area contributed by atoms with Crippen LogP contribution in [0.25, 0.3) is 0 Å². The number of aromatic nitrogens is 1. The summed E-state index contributed by atoms with van der Waals surface area (Å²) in [5, 5.41) is 1.92. The average Bonchev–Trinajstić information content (AvgIpc) is 3.20. The van der Waals surface area contributed by atoms with Gasteiger partial charge in [0.25, 0.3) is 0 Å². The zero-order chi connectivity index (χ0) is 19.2. The van der Waals surface area contributed by atoms with Gasteiger partial charge in [-0.15, -0.1) is 11.3 Å². The number of nitrogen functional groups attached to an aromatic ring is 1. The number of carbonyl (C=O) groups excluding carboxylic acids is 1. The van der Waals surface area contributed by atoms with E-state index in [1.54, 1.807) is 6.20 Å². The van der Waals surface area contributed by atoms with Crippen LogP contribution in [-0.2, 0) is 0 Å². The zero-order valence-corrected chi connectivity index (χ0v) is 16.4. The highest BCUT2D eigenvalue weighted by atomic mass is 32.1. The van der Waals surface area contributed by atoms with E-state index in [1.807, 2.05) is 68.0 Å². The molecular formula is C21H24N4OS. The van der Waals surface area contributed by atoms with Crippen LogP contribution in [0.15, 0.2) is 60.1 Å². The number of thiophene rings is 1. The SMILES string of the molecule is CN(C)CCCN(c1ccccc1C(=O)c1cccs1)c1ncccc1N. The van der Waals surface area contributed by atoms with Crippen molar-refractivity contribution in [2.24, 2.45) is 0 Å².